The fourth-order valence-corrected chi connectivity index (χ4v) is 3.83. The Hall–Kier alpha value is -3.32. The van der Waals surface area contributed by atoms with E-state index in [2.05, 4.69) is 0 Å². The molecule has 31 heavy (non-hydrogen) atoms. The third-order valence-electron chi connectivity index (χ3n) is 5.39. The summed E-state index contributed by atoms with van der Waals surface area (Å²) in [6, 6.07) is 13.6. The molecule has 1 aliphatic heterocycles. The van der Waals surface area contributed by atoms with Crippen molar-refractivity contribution in [3.63, 3.8) is 0 Å². The number of amides is 1. The minimum Gasteiger partial charge on any atom is -0.507 e. The molecule has 7 heteroatoms. The average molecular weight is 426 g/mol. The Morgan fingerprint density at radius 1 is 1.03 bits per heavy atom. The van der Waals surface area contributed by atoms with Crippen LogP contribution in [-0.4, -0.2) is 63.1 Å². The van der Waals surface area contributed by atoms with E-state index in [1.54, 1.807) is 23.1 Å². The molecular weight excluding hydrogens is 396 g/mol. The first kappa shape index (κ1) is 22.4. The SMILES string of the molecule is COc1ccc(C(O)=C2C(=O)C(=O)N(CCC[NH+](C)C)[C@@H]2c2ccccc2)cc1OC. The number of likely N-dealkylation sites (tertiary alicyclic amines) is 1. The average Bonchev–Trinajstić information content (AvgIpc) is 3.03. The second-order valence-electron chi connectivity index (χ2n) is 7.78. The first-order valence-electron chi connectivity index (χ1n) is 10.2. The van der Waals surface area contributed by atoms with Crippen LogP contribution in [0.1, 0.15) is 23.6 Å². The number of methoxy groups -OCH3 is 2. The molecule has 164 valence electrons. The van der Waals surface area contributed by atoms with Crippen LogP contribution in [0.2, 0.25) is 0 Å². The molecule has 2 N–H and O–H groups in total. The van der Waals surface area contributed by atoms with Gasteiger partial charge in [0.1, 0.15) is 5.76 Å². The first-order chi connectivity index (χ1) is 14.9. The van der Waals surface area contributed by atoms with Crippen LogP contribution in [0.3, 0.4) is 0 Å². The van der Waals surface area contributed by atoms with E-state index >= 15 is 0 Å². The number of ether oxygens (including phenoxy) is 2. The standard InChI is InChI=1S/C24H28N2O5/c1-25(2)13-8-14-26-21(16-9-6-5-7-10-16)20(23(28)24(26)29)22(27)17-11-12-18(30-3)19(15-17)31-4/h5-7,9-12,15,21,27H,8,13-14H2,1-4H3/p+1/t21-/m1/s1. The highest BCUT2D eigenvalue weighted by Gasteiger charge is 2.45. The number of nitrogens with zero attached hydrogens (tertiary/aromatic N) is 1. The molecule has 0 saturated carbocycles. The summed E-state index contributed by atoms with van der Waals surface area (Å²) in [5.74, 6) is -0.576. The summed E-state index contributed by atoms with van der Waals surface area (Å²) in [7, 11) is 7.10. The van der Waals surface area contributed by atoms with Crippen LogP contribution in [0.4, 0.5) is 0 Å². The Labute approximate surface area is 182 Å². The summed E-state index contributed by atoms with van der Waals surface area (Å²) in [6.45, 7) is 1.29. The third kappa shape index (κ3) is 4.56. The van der Waals surface area contributed by atoms with Crippen molar-refractivity contribution in [2.75, 3.05) is 41.4 Å². The Balaban J connectivity index is 2.09. The molecule has 3 rings (SSSR count). The van der Waals surface area contributed by atoms with E-state index in [0.29, 0.717) is 23.6 Å². The maximum Gasteiger partial charge on any atom is 0.295 e. The number of carbonyl (C=O) groups excluding carboxylic acids is 2. The van der Waals surface area contributed by atoms with Gasteiger partial charge < -0.3 is 24.4 Å². The van der Waals surface area contributed by atoms with E-state index in [4.69, 9.17) is 9.47 Å². The molecule has 7 nitrogen and oxygen atoms in total. The maximum absolute atomic E-state index is 13.0. The Morgan fingerprint density at radius 2 is 1.71 bits per heavy atom. The monoisotopic (exact) mass is 425 g/mol. The summed E-state index contributed by atoms with van der Waals surface area (Å²) in [5, 5.41) is 11.1. The van der Waals surface area contributed by atoms with Gasteiger partial charge in [-0.05, 0) is 23.8 Å². The molecular formula is C24H29N2O5+. The van der Waals surface area contributed by atoms with Crippen molar-refractivity contribution in [3.05, 3.63) is 65.2 Å². The Morgan fingerprint density at radius 3 is 2.32 bits per heavy atom. The van der Waals surface area contributed by atoms with E-state index in [1.807, 2.05) is 44.4 Å². The van der Waals surface area contributed by atoms with E-state index in [0.717, 1.165) is 18.5 Å². The number of Topliss-reactive ketones (excluding diaryl/α,β-unsaturated/α-hetero) is 1. The zero-order valence-electron chi connectivity index (χ0n) is 18.3. The molecule has 1 heterocycles. The Kier molecular flexibility index (Phi) is 6.97. The minimum atomic E-state index is -0.682. The largest absolute Gasteiger partial charge is 0.507 e. The van der Waals surface area contributed by atoms with Crippen LogP contribution in [-0.2, 0) is 9.59 Å². The smallest absolute Gasteiger partial charge is 0.295 e. The summed E-state index contributed by atoms with van der Waals surface area (Å²) in [4.78, 5) is 28.8. The lowest BCUT2D eigenvalue weighted by molar-refractivity contribution is -0.858. The third-order valence-corrected chi connectivity index (χ3v) is 5.39. The highest BCUT2D eigenvalue weighted by atomic mass is 16.5. The van der Waals surface area contributed by atoms with Gasteiger partial charge in [0.05, 0.1) is 46.5 Å². The normalized spacial score (nSPS) is 18.0. The second-order valence-corrected chi connectivity index (χ2v) is 7.78. The van der Waals surface area contributed by atoms with E-state index in [1.165, 1.54) is 19.1 Å². The van der Waals surface area contributed by atoms with Crippen molar-refractivity contribution in [2.24, 2.45) is 0 Å². The van der Waals surface area contributed by atoms with Crippen molar-refractivity contribution in [2.45, 2.75) is 12.5 Å². The fraction of sp³-hybridized carbons (Fsp3) is 0.333. The summed E-state index contributed by atoms with van der Waals surface area (Å²) in [5.41, 5.74) is 1.25. The molecule has 1 atom stereocenters. The van der Waals surface area contributed by atoms with Crippen molar-refractivity contribution in [1.29, 1.82) is 0 Å². The van der Waals surface area contributed by atoms with Gasteiger partial charge >= 0.3 is 0 Å². The van der Waals surface area contributed by atoms with Crippen LogP contribution in [0.5, 0.6) is 11.5 Å². The summed E-state index contributed by atoms with van der Waals surface area (Å²) < 4.78 is 10.6. The molecule has 2 aromatic carbocycles. The highest BCUT2D eigenvalue weighted by molar-refractivity contribution is 6.46. The number of hydrogen-bond donors (Lipinski definition) is 2. The maximum atomic E-state index is 13.0. The lowest BCUT2D eigenvalue weighted by atomic mass is 9.95. The zero-order chi connectivity index (χ0) is 22.5. The van der Waals surface area contributed by atoms with E-state index in [9.17, 15) is 14.7 Å². The zero-order valence-corrected chi connectivity index (χ0v) is 18.3. The van der Waals surface area contributed by atoms with Crippen LogP contribution in [0.25, 0.3) is 5.76 Å². The van der Waals surface area contributed by atoms with Gasteiger partial charge in [-0.2, -0.15) is 0 Å². The number of aliphatic hydroxyl groups excluding tert-OH is 1. The number of ketones is 1. The molecule has 0 radical (unpaired) electrons. The van der Waals surface area contributed by atoms with Crippen LogP contribution >= 0.6 is 0 Å². The molecule has 0 aromatic heterocycles. The Bertz CT molecular complexity index is 985. The van der Waals surface area contributed by atoms with Crippen molar-refractivity contribution >= 4 is 17.4 Å². The number of carbonyl (C=O) groups is 2. The van der Waals surface area contributed by atoms with Gasteiger partial charge in [0, 0.05) is 18.5 Å². The predicted octanol–water partition coefficient (Wildman–Crippen LogP) is 1.66. The molecule has 1 saturated heterocycles. The number of benzene rings is 2. The molecule has 0 unspecified atom stereocenters. The van der Waals surface area contributed by atoms with Crippen LogP contribution in [0, 0.1) is 0 Å². The number of quaternary nitrogens is 1. The van der Waals surface area contributed by atoms with Crippen LogP contribution < -0.4 is 14.4 Å². The van der Waals surface area contributed by atoms with E-state index < -0.39 is 17.7 Å². The quantitative estimate of drug-likeness (QED) is 0.382. The van der Waals surface area contributed by atoms with Crippen molar-refractivity contribution < 1.29 is 29.1 Å². The molecule has 0 bridgehead atoms. The van der Waals surface area contributed by atoms with Gasteiger partial charge in [0.25, 0.3) is 11.7 Å². The lowest BCUT2D eigenvalue weighted by Crippen LogP contribution is -3.05. The fourth-order valence-electron chi connectivity index (χ4n) is 3.83. The molecule has 0 aliphatic carbocycles. The van der Waals surface area contributed by atoms with Gasteiger partial charge in [0.2, 0.25) is 0 Å². The molecule has 1 aliphatic rings. The summed E-state index contributed by atoms with van der Waals surface area (Å²) >= 11 is 0. The highest BCUT2D eigenvalue weighted by Crippen LogP contribution is 2.40. The topological polar surface area (TPSA) is 80.5 Å². The van der Waals surface area contributed by atoms with Gasteiger partial charge in [-0.1, -0.05) is 30.3 Å². The molecule has 0 spiro atoms. The van der Waals surface area contributed by atoms with E-state index in [-0.39, 0.29) is 11.3 Å². The first-order valence-corrected chi connectivity index (χ1v) is 10.2. The van der Waals surface area contributed by atoms with Gasteiger partial charge in [0.15, 0.2) is 11.5 Å². The lowest BCUT2D eigenvalue weighted by Gasteiger charge is -2.25. The number of aliphatic hydroxyl groups is 1. The second kappa shape index (κ2) is 9.66. The number of rotatable bonds is 8. The van der Waals surface area contributed by atoms with Gasteiger partial charge in [-0.15, -0.1) is 0 Å². The van der Waals surface area contributed by atoms with Gasteiger partial charge in [-0.25, -0.2) is 0 Å². The number of nitrogens with one attached hydrogen (secondary N) is 1. The molecule has 1 amide bonds. The van der Waals surface area contributed by atoms with Crippen molar-refractivity contribution in [3.8, 4) is 11.5 Å². The van der Waals surface area contributed by atoms with Crippen molar-refractivity contribution in [1.82, 2.24) is 4.90 Å². The summed E-state index contributed by atoms with van der Waals surface area (Å²) in [6.07, 6.45) is 0.745. The molecule has 1 fully saturated rings. The molecule has 2 aromatic rings. The van der Waals surface area contributed by atoms with Gasteiger partial charge in [-0.3, -0.25) is 9.59 Å². The number of hydrogen-bond acceptors (Lipinski definition) is 5. The van der Waals surface area contributed by atoms with Crippen LogP contribution in [0.15, 0.2) is 54.1 Å². The minimum absolute atomic E-state index is 0.0839. The predicted molar refractivity (Wildman–Crippen MR) is 117 cm³/mol.